The van der Waals surface area contributed by atoms with E-state index in [2.05, 4.69) is 21.1 Å². The highest BCUT2D eigenvalue weighted by atomic mass is 33.1. The number of benzene rings is 1. The topological polar surface area (TPSA) is 49.2 Å². The summed E-state index contributed by atoms with van der Waals surface area (Å²) in [6, 6.07) is 5.81. The molecule has 5 nitrogen and oxygen atoms in total. The molecular weight excluding hydrogens is 354 g/mol. The van der Waals surface area contributed by atoms with Crippen molar-refractivity contribution in [2.75, 3.05) is 20.0 Å². The maximum atomic E-state index is 5.36. The van der Waals surface area contributed by atoms with E-state index in [1.165, 1.54) is 31.4 Å². The number of aryl methyl sites for hydroxylation is 1. The molecule has 1 fully saturated rings. The monoisotopic (exact) mass is 379 g/mol. The first-order valence-corrected chi connectivity index (χ1v) is 11.1. The highest BCUT2D eigenvalue weighted by Gasteiger charge is 2.15. The van der Waals surface area contributed by atoms with Crippen LogP contribution >= 0.6 is 21.6 Å². The molecule has 0 amide bonds. The number of hydrogen-bond acceptors (Lipinski definition) is 6. The highest BCUT2D eigenvalue weighted by Crippen LogP contribution is 2.39. The Hall–Kier alpha value is -1.34. The third-order valence-corrected chi connectivity index (χ3v) is 7.37. The van der Waals surface area contributed by atoms with Gasteiger partial charge in [0.15, 0.2) is 11.5 Å². The summed E-state index contributed by atoms with van der Waals surface area (Å²) in [6.45, 7) is 0.923. The average Bonchev–Trinajstić information content (AvgIpc) is 3.32. The first-order valence-electron chi connectivity index (χ1n) is 8.71. The lowest BCUT2D eigenvalue weighted by Gasteiger charge is -2.08. The van der Waals surface area contributed by atoms with E-state index in [1.807, 2.05) is 39.9 Å². The fourth-order valence-electron chi connectivity index (χ4n) is 2.92. The van der Waals surface area contributed by atoms with Crippen LogP contribution in [0.5, 0.6) is 11.5 Å². The smallest absolute Gasteiger partial charge is 0.161 e. The minimum atomic E-state index is 0.706. The molecule has 1 aliphatic rings. The first-order chi connectivity index (χ1) is 12.3. The maximum Gasteiger partial charge on any atom is 0.161 e. The van der Waals surface area contributed by atoms with Gasteiger partial charge in [-0.3, -0.25) is 4.68 Å². The molecule has 0 aliphatic carbocycles. The van der Waals surface area contributed by atoms with E-state index in [0.29, 0.717) is 5.75 Å². The summed E-state index contributed by atoms with van der Waals surface area (Å²) in [5.41, 5.74) is 1.85. The number of aromatic nitrogens is 3. The lowest BCUT2D eigenvalue weighted by molar-refractivity contribution is 0.355. The van der Waals surface area contributed by atoms with Gasteiger partial charge in [0.1, 0.15) is 5.69 Å². The summed E-state index contributed by atoms with van der Waals surface area (Å²) in [5.74, 6) is 2.75. The summed E-state index contributed by atoms with van der Waals surface area (Å²) >= 11 is 0. The molecule has 3 rings (SSSR count). The number of nitrogens with zero attached hydrogens (tertiary/aromatic N) is 3. The van der Waals surface area contributed by atoms with Gasteiger partial charge in [-0.2, -0.15) is 0 Å². The summed E-state index contributed by atoms with van der Waals surface area (Å²) in [4.78, 5) is 0. The lowest BCUT2D eigenvalue weighted by atomic mass is 10.1. The van der Waals surface area contributed by atoms with E-state index in [9.17, 15) is 0 Å². The first kappa shape index (κ1) is 18.5. The average molecular weight is 380 g/mol. The van der Waals surface area contributed by atoms with Crippen LogP contribution in [-0.2, 0) is 6.54 Å². The fraction of sp³-hybridized carbons (Fsp3) is 0.556. The van der Waals surface area contributed by atoms with E-state index in [4.69, 9.17) is 9.47 Å². The third kappa shape index (κ3) is 5.07. The molecule has 7 heteroatoms. The van der Waals surface area contributed by atoms with Crippen LogP contribution in [0.15, 0.2) is 24.4 Å². The van der Waals surface area contributed by atoms with Gasteiger partial charge in [0, 0.05) is 23.1 Å². The zero-order chi connectivity index (χ0) is 17.5. The quantitative estimate of drug-likeness (QED) is 0.466. The van der Waals surface area contributed by atoms with Crippen LogP contribution < -0.4 is 9.47 Å². The van der Waals surface area contributed by atoms with Crippen LogP contribution in [0.3, 0.4) is 0 Å². The maximum absolute atomic E-state index is 5.36. The molecule has 0 N–H and O–H groups in total. The zero-order valence-electron chi connectivity index (χ0n) is 14.8. The van der Waals surface area contributed by atoms with Crippen molar-refractivity contribution in [2.24, 2.45) is 0 Å². The van der Waals surface area contributed by atoms with Gasteiger partial charge in [-0.15, -0.1) is 5.10 Å². The molecule has 2 aromatic rings. The molecule has 1 saturated heterocycles. The van der Waals surface area contributed by atoms with Crippen LogP contribution in [-0.4, -0.2) is 40.2 Å². The molecule has 25 heavy (non-hydrogen) atoms. The molecule has 1 aromatic carbocycles. The van der Waals surface area contributed by atoms with Crippen molar-refractivity contribution in [2.45, 2.75) is 43.9 Å². The lowest BCUT2D eigenvalue weighted by Crippen LogP contribution is -2.00. The Balaban J connectivity index is 1.48. The molecule has 1 aliphatic heterocycles. The second-order valence-electron chi connectivity index (χ2n) is 6.11. The van der Waals surface area contributed by atoms with Crippen molar-refractivity contribution in [1.82, 2.24) is 15.0 Å². The molecule has 0 radical (unpaired) electrons. The predicted octanol–water partition coefficient (Wildman–Crippen LogP) is 4.68. The van der Waals surface area contributed by atoms with Crippen molar-refractivity contribution >= 4 is 21.6 Å². The summed E-state index contributed by atoms with van der Waals surface area (Å²) < 4.78 is 12.6. The van der Waals surface area contributed by atoms with Gasteiger partial charge in [-0.25, -0.2) is 0 Å². The fourth-order valence-corrected chi connectivity index (χ4v) is 5.95. The Kier molecular flexibility index (Phi) is 6.93. The second-order valence-corrected chi connectivity index (χ2v) is 8.90. The Labute approximate surface area is 157 Å². The standard InChI is InChI=1S/C18H25N3O2S2/c1-22-17-8-7-14(12-18(17)23-2)16-13-21(20-19-16)10-5-3-4-6-15-9-11-24-25-15/h7-8,12-13,15H,3-6,9-11H2,1-2H3. The Morgan fingerprint density at radius 1 is 1.16 bits per heavy atom. The molecule has 1 atom stereocenters. The van der Waals surface area contributed by atoms with Gasteiger partial charge in [0.05, 0.1) is 20.4 Å². The summed E-state index contributed by atoms with van der Waals surface area (Å²) in [7, 11) is 7.38. The minimum Gasteiger partial charge on any atom is -0.493 e. The zero-order valence-corrected chi connectivity index (χ0v) is 16.4. The van der Waals surface area contributed by atoms with Crippen molar-refractivity contribution < 1.29 is 9.47 Å². The van der Waals surface area contributed by atoms with Crippen molar-refractivity contribution in [3.05, 3.63) is 24.4 Å². The van der Waals surface area contributed by atoms with E-state index < -0.39 is 0 Å². The van der Waals surface area contributed by atoms with Crippen LogP contribution in [0.1, 0.15) is 32.1 Å². The van der Waals surface area contributed by atoms with Crippen LogP contribution in [0.2, 0.25) is 0 Å². The van der Waals surface area contributed by atoms with Crippen LogP contribution in [0, 0.1) is 0 Å². The predicted molar refractivity (Wildman–Crippen MR) is 105 cm³/mol. The van der Waals surface area contributed by atoms with E-state index in [1.54, 1.807) is 14.2 Å². The van der Waals surface area contributed by atoms with Gasteiger partial charge in [0.2, 0.25) is 0 Å². The third-order valence-electron chi connectivity index (χ3n) is 4.36. The molecular formula is C18H25N3O2S2. The minimum absolute atomic E-state index is 0.706. The second kappa shape index (κ2) is 9.38. The Bertz CT molecular complexity index is 672. The SMILES string of the molecule is COc1ccc(-c2cn(CCCCCC3CCSS3)nn2)cc1OC. The van der Waals surface area contributed by atoms with Gasteiger partial charge < -0.3 is 9.47 Å². The molecule has 2 heterocycles. The van der Waals surface area contributed by atoms with E-state index in [-0.39, 0.29) is 0 Å². The number of rotatable bonds is 9. The van der Waals surface area contributed by atoms with Crippen molar-refractivity contribution in [3.63, 3.8) is 0 Å². The Morgan fingerprint density at radius 2 is 2.04 bits per heavy atom. The number of ether oxygens (including phenoxy) is 2. The van der Waals surface area contributed by atoms with Crippen LogP contribution in [0.25, 0.3) is 11.3 Å². The van der Waals surface area contributed by atoms with Gasteiger partial charge in [-0.1, -0.05) is 39.6 Å². The van der Waals surface area contributed by atoms with Crippen LogP contribution in [0.4, 0.5) is 0 Å². The number of methoxy groups -OCH3 is 2. The van der Waals surface area contributed by atoms with E-state index in [0.717, 1.165) is 35.2 Å². The summed E-state index contributed by atoms with van der Waals surface area (Å²) in [6.07, 6.45) is 8.46. The summed E-state index contributed by atoms with van der Waals surface area (Å²) in [5, 5.41) is 9.43. The molecule has 136 valence electrons. The normalized spacial score (nSPS) is 17.0. The molecule has 0 spiro atoms. The number of hydrogen-bond donors (Lipinski definition) is 0. The Morgan fingerprint density at radius 3 is 2.80 bits per heavy atom. The van der Waals surface area contributed by atoms with Crippen molar-refractivity contribution in [1.29, 1.82) is 0 Å². The van der Waals surface area contributed by atoms with Gasteiger partial charge in [0.25, 0.3) is 0 Å². The van der Waals surface area contributed by atoms with Crippen molar-refractivity contribution in [3.8, 4) is 22.8 Å². The molecule has 1 aromatic heterocycles. The largest absolute Gasteiger partial charge is 0.493 e. The molecule has 0 bridgehead atoms. The van der Waals surface area contributed by atoms with Gasteiger partial charge in [-0.05, 0) is 37.5 Å². The molecule has 0 saturated carbocycles. The number of unbranched alkanes of at least 4 members (excludes halogenated alkanes) is 2. The molecule has 1 unspecified atom stereocenters. The van der Waals surface area contributed by atoms with Gasteiger partial charge >= 0.3 is 0 Å². The van der Waals surface area contributed by atoms with E-state index >= 15 is 0 Å². The highest BCUT2D eigenvalue weighted by molar-refractivity contribution is 8.77.